The molecule has 0 aliphatic rings. The van der Waals surface area contributed by atoms with Gasteiger partial charge >= 0.3 is 0 Å². The highest BCUT2D eigenvalue weighted by atomic mass is 16.5. The van der Waals surface area contributed by atoms with Gasteiger partial charge in [-0.3, -0.25) is 0 Å². The number of aryl methyl sites for hydroxylation is 1. The zero-order valence-corrected chi connectivity index (χ0v) is 10.1. The van der Waals surface area contributed by atoms with Gasteiger partial charge in [-0.1, -0.05) is 5.16 Å². The van der Waals surface area contributed by atoms with Crippen LogP contribution in [0.5, 0.6) is 0 Å². The van der Waals surface area contributed by atoms with Gasteiger partial charge in [-0.05, 0) is 17.7 Å². The van der Waals surface area contributed by atoms with Crippen molar-refractivity contribution >= 4 is 0 Å². The Kier molecular flexibility index (Phi) is 3.99. The third kappa shape index (κ3) is 3.37. The Morgan fingerprint density at radius 2 is 2.39 bits per heavy atom. The van der Waals surface area contributed by atoms with Gasteiger partial charge in [0.2, 0.25) is 5.89 Å². The zero-order valence-electron chi connectivity index (χ0n) is 10.1. The van der Waals surface area contributed by atoms with Gasteiger partial charge in [-0.25, -0.2) is 4.98 Å². The van der Waals surface area contributed by atoms with Crippen molar-refractivity contribution in [3.63, 3.8) is 0 Å². The van der Waals surface area contributed by atoms with Crippen molar-refractivity contribution in [1.29, 1.82) is 5.26 Å². The quantitative estimate of drug-likeness (QED) is 0.787. The van der Waals surface area contributed by atoms with Crippen molar-refractivity contribution < 1.29 is 4.52 Å². The number of hydrogen-bond acceptors (Lipinski definition) is 6. The molecule has 0 aromatic carbocycles. The minimum Gasteiger partial charge on any atom is -0.340 e. The second kappa shape index (κ2) is 5.89. The summed E-state index contributed by atoms with van der Waals surface area (Å²) >= 11 is 0. The molecule has 0 radical (unpaired) electrons. The van der Waals surface area contributed by atoms with Crippen LogP contribution in [0.4, 0.5) is 0 Å². The fourth-order valence-corrected chi connectivity index (χ4v) is 1.52. The lowest BCUT2D eigenvalue weighted by molar-refractivity contribution is 0.387. The normalized spacial score (nSPS) is 10.2. The second-order valence-corrected chi connectivity index (χ2v) is 3.82. The molecule has 18 heavy (non-hydrogen) atoms. The first kappa shape index (κ1) is 12.2. The minimum absolute atomic E-state index is 0.433. The molecule has 0 saturated carbocycles. The van der Waals surface area contributed by atoms with E-state index in [1.165, 1.54) is 0 Å². The third-order valence-electron chi connectivity index (χ3n) is 2.36. The van der Waals surface area contributed by atoms with E-state index in [0.29, 0.717) is 30.4 Å². The molecule has 6 heteroatoms. The molecule has 0 amide bonds. The van der Waals surface area contributed by atoms with Crippen LogP contribution in [-0.2, 0) is 13.0 Å². The smallest absolute Gasteiger partial charge is 0.223 e. The van der Waals surface area contributed by atoms with Gasteiger partial charge in [-0.15, -0.1) is 0 Å². The van der Waals surface area contributed by atoms with Crippen LogP contribution in [0.1, 0.15) is 23.0 Å². The molecule has 92 valence electrons. The Hall–Kier alpha value is -2.26. The van der Waals surface area contributed by atoms with E-state index in [-0.39, 0.29) is 0 Å². The van der Waals surface area contributed by atoms with Crippen LogP contribution in [0.15, 0.2) is 22.9 Å². The Morgan fingerprint density at radius 1 is 1.50 bits per heavy atom. The van der Waals surface area contributed by atoms with Crippen molar-refractivity contribution in [2.24, 2.45) is 0 Å². The lowest BCUT2D eigenvalue weighted by Crippen LogP contribution is -2.17. The average molecular weight is 243 g/mol. The topological polar surface area (TPSA) is 87.6 Å². The molecule has 0 aliphatic carbocycles. The van der Waals surface area contributed by atoms with Crippen LogP contribution >= 0.6 is 0 Å². The largest absolute Gasteiger partial charge is 0.340 e. The van der Waals surface area contributed by atoms with Crippen LogP contribution in [-0.4, -0.2) is 21.7 Å². The maximum Gasteiger partial charge on any atom is 0.223 e. The standard InChI is InChI=1S/C12H13N5O/c1-9-16-12(17-18-9)3-4-14-8-10-2-5-15-11(6-10)7-13/h2,5-6,14H,3-4,8H2,1H3. The van der Waals surface area contributed by atoms with E-state index in [9.17, 15) is 0 Å². The van der Waals surface area contributed by atoms with Gasteiger partial charge in [0.1, 0.15) is 11.8 Å². The summed E-state index contributed by atoms with van der Waals surface area (Å²) in [5.41, 5.74) is 1.47. The molecule has 0 atom stereocenters. The molecule has 2 heterocycles. The third-order valence-corrected chi connectivity index (χ3v) is 2.36. The summed E-state index contributed by atoms with van der Waals surface area (Å²) < 4.78 is 4.88. The van der Waals surface area contributed by atoms with E-state index in [4.69, 9.17) is 9.78 Å². The molecule has 1 N–H and O–H groups in total. The molecule has 0 bridgehead atoms. The molecule has 0 unspecified atom stereocenters. The van der Waals surface area contributed by atoms with Gasteiger partial charge in [0.05, 0.1) is 0 Å². The monoisotopic (exact) mass is 243 g/mol. The Labute approximate surface area is 105 Å². The van der Waals surface area contributed by atoms with Crippen LogP contribution < -0.4 is 5.32 Å². The van der Waals surface area contributed by atoms with Crippen molar-refractivity contribution in [1.82, 2.24) is 20.4 Å². The number of nitriles is 1. The number of nitrogens with one attached hydrogen (secondary N) is 1. The second-order valence-electron chi connectivity index (χ2n) is 3.82. The van der Waals surface area contributed by atoms with Crippen molar-refractivity contribution in [2.45, 2.75) is 19.9 Å². The van der Waals surface area contributed by atoms with Crippen molar-refractivity contribution in [2.75, 3.05) is 6.54 Å². The first-order chi connectivity index (χ1) is 8.78. The summed E-state index contributed by atoms with van der Waals surface area (Å²) in [6.45, 7) is 3.21. The van der Waals surface area contributed by atoms with Crippen molar-refractivity contribution in [3.8, 4) is 6.07 Å². The fourth-order valence-electron chi connectivity index (χ4n) is 1.52. The first-order valence-corrected chi connectivity index (χ1v) is 5.63. The van der Waals surface area contributed by atoms with E-state index in [1.54, 1.807) is 19.2 Å². The van der Waals surface area contributed by atoms with Gasteiger partial charge < -0.3 is 9.84 Å². The summed E-state index contributed by atoms with van der Waals surface area (Å²) in [4.78, 5) is 8.03. The number of aromatic nitrogens is 3. The number of rotatable bonds is 5. The SMILES string of the molecule is Cc1nc(CCNCc2ccnc(C#N)c2)no1. The molecule has 2 aromatic heterocycles. The summed E-state index contributed by atoms with van der Waals surface area (Å²) in [5.74, 6) is 1.28. The van der Waals surface area contributed by atoms with Gasteiger partial charge in [-0.2, -0.15) is 10.2 Å². The summed E-state index contributed by atoms with van der Waals surface area (Å²) in [6, 6.07) is 5.67. The highest BCUT2D eigenvalue weighted by molar-refractivity contribution is 5.25. The molecular formula is C12H13N5O. The molecule has 0 spiro atoms. The minimum atomic E-state index is 0.433. The van der Waals surface area contributed by atoms with Gasteiger partial charge in [0, 0.05) is 32.6 Å². The van der Waals surface area contributed by atoms with Crippen LogP contribution in [0.3, 0.4) is 0 Å². The average Bonchev–Trinajstić information content (AvgIpc) is 2.81. The van der Waals surface area contributed by atoms with Crippen LogP contribution in [0, 0.1) is 18.3 Å². The molecule has 2 aromatic rings. The zero-order chi connectivity index (χ0) is 12.8. The summed E-state index contributed by atoms with van der Waals surface area (Å²) in [6.07, 6.45) is 2.35. The Morgan fingerprint density at radius 3 is 3.11 bits per heavy atom. The predicted molar refractivity (Wildman–Crippen MR) is 63.4 cm³/mol. The lowest BCUT2D eigenvalue weighted by atomic mass is 10.2. The lowest BCUT2D eigenvalue weighted by Gasteiger charge is -2.02. The molecule has 6 nitrogen and oxygen atoms in total. The molecular weight excluding hydrogens is 230 g/mol. The van der Waals surface area contributed by atoms with Gasteiger partial charge in [0.25, 0.3) is 0 Å². The van der Waals surface area contributed by atoms with E-state index < -0.39 is 0 Å². The van der Waals surface area contributed by atoms with E-state index in [0.717, 1.165) is 12.1 Å². The highest BCUT2D eigenvalue weighted by Gasteiger charge is 2.01. The van der Waals surface area contributed by atoms with Crippen LogP contribution in [0.2, 0.25) is 0 Å². The predicted octanol–water partition coefficient (Wildman–Crippen LogP) is 0.977. The highest BCUT2D eigenvalue weighted by Crippen LogP contribution is 2.00. The number of hydrogen-bond donors (Lipinski definition) is 1. The summed E-state index contributed by atoms with van der Waals surface area (Å²) in [7, 11) is 0. The van der Waals surface area contributed by atoms with E-state index in [1.807, 2.05) is 12.1 Å². The Balaban J connectivity index is 1.77. The molecule has 2 rings (SSSR count). The molecule has 0 fully saturated rings. The van der Waals surface area contributed by atoms with Crippen molar-refractivity contribution in [3.05, 3.63) is 41.3 Å². The Bertz CT molecular complexity index is 558. The maximum atomic E-state index is 8.72. The van der Waals surface area contributed by atoms with Gasteiger partial charge in [0.15, 0.2) is 5.82 Å². The molecule has 0 aliphatic heterocycles. The molecule has 0 saturated heterocycles. The first-order valence-electron chi connectivity index (χ1n) is 5.63. The van der Waals surface area contributed by atoms with E-state index >= 15 is 0 Å². The maximum absolute atomic E-state index is 8.72. The summed E-state index contributed by atoms with van der Waals surface area (Å²) in [5, 5.41) is 15.8. The van der Waals surface area contributed by atoms with Crippen LogP contribution in [0.25, 0.3) is 0 Å². The van der Waals surface area contributed by atoms with E-state index in [2.05, 4.69) is 20.4 Å². The number of pyridine rings is 1. The number of nitrogens with zero attached hydrogens (tertiary/aromatic N) is 4. The fraction of sp³-hybridized carbons (Fsp3) is 0.333.